The molecule has 1 aliphatic heterocycles. The molecule has 4 N–H and O–H groups in total. The molecule has 8 heteroatoms. The molecule has 0 aromatic heterocycles. The number of unbranched alkanes of at least 4 members (excludes halogenated alkanes) is 2. The first-order valence-corrected chi connectivity index (χ1v) is 8.89. The minimum Gasteiger partial charge on any atom is -0.391 e. The van der Waals surface area contributed by atoms with E-state index in [0.29, 0.717) is 25.9 Å². The third kappa shape index (κ3) is 6.38. The van der Waals surface area contributed by atoms with Gasteiger partial charge in [-0.1, -0.05) is 18.7 Å². The van der Waals surface area contributed by atoms with Crippen molar-refractivity contribution in [3.8, 4) is 0 Å². The maximum atomic E-state index is 12.1. The standard InChI is InChI=1S/C11H23N2O4PS/c12-5-3-1-2-4-11(15)13-7-10(14)6-9(13)8-17-18(16)19/h9-10,14,16,19H,1-8,12H2/t9-,10+,18?/m0/s1. The van der Waals surface area contributed by atoms with Gasteiger partial charge in [0.1, 0.15) is 0 Å². The Balaban J connectivity index is 2.37. The van der Waals surface area contributed by atoms with Gasteiger partial charge in [-0.05, 0) is 25.8 Å². The highest BCUT2D eigenvalue weighted by molar-refractivity contribution is 8.41. The van der Waals surface area contributed by atoms with E-state index in [1.165, 1.54) is 0 Å². The number of carbonyl (C=O) groups excluding carboxylic acids is 1. The van der Waals surface area contributed by atoms with Crippen LogP contribution in [0.5, 0.6) is 0 Å². The lowest BCUT2D eigenvalue weighted by atomic mass is 10.1. The number of likely N-dealkylation sites (tertiary alicyclic amines) is 1. The molecule has 0 aliphatic carbocycles. The van der Waals surface area contributed by atoms with Gasteiger partial charge in [0.25, 0.3) is 0 Å². The second kappa shape index (κ2) is 9.10. The summed E-state index contributed by atoms with van der Waals surface area (Å²) in [5.41, 5.74) is 5.40. The molecule has 0 bridgehead atoms. The van der Waals surface area contributed by atoms with Crippen molar-refractivity contribution in [1.82, 2.24) is 4.90 Å². The van der Waals surface area contributed by atoms with Crippen molar-refractivity contribution in [2.75, 3.05) is 19.7 Å². The first-order valence-electron chi connectivity index (χ1n) is 6.53. The van der Waals surface area contributed by atoms with Crippen molar-refractivity contribution in [1.29, 1.82) is 0 Å². The number of amides is 1. The van der Waals surface area contributed by atoms with Crippen LogP contribution in [0.4, 0.5) is 0 Å². The van der Waals surface area contributed by atoms with Gasteiger partial charge >= 0.3 is 0 Å². The van der Waals surface area contributed by atoms with Crippen LogP contribution in [0, 0.1) is 0 Å². The Morgan fingerprint density at radius 2 is 2.21 bits per heavy atom. The molecule has 1 amide bonds. The predicted molar refractivity (Wildman–Crippen MR) is 77.7 cm³/mol. The van der Waals surface area contributed by atoms with Gasteiger partial charge in [0.2, 0.25) is 13.5 Å². The third-order valence-electron chi connectivity index (χ3n) is 3.19. The molecule has 1 heterocycles. The van der Waals surface area contributed by atoms with Crippen molar-refractivity contribution in [2.24, 2.45) is 5.73 Å². The van der Waals surface area contributed by atoms with Gasteiger partial charge in [-0.25, -0.2) is 0 Å². The molecule has 0 radical (unpaired) electrons. The van der Waals surface area contributed by atoms with Crippen molar-refractivity contribution >= 4 is 25.7 Å². The SMILES string of the molecule is NCCCCCC(=O)N1C[C@H](O)C[C@H]1COP(O)S. The van der Waals surface area contributed by atoms with E-state index < -0.39 is 13.7 Å². The Labute approximate surface area is 120 Å². The first kappa shape index (κ1) is 17.1. The van der Waals surface area contributed by atoms with Crippen molar-refractivity contribution < 1.29 is 19.3 Å². The van der Waals surface area contributed by atoms with E-state index in [4.69, 9.17) is 15.2 Å². The number of nitrogens with two attached hydrogens (primary N) is 1. The van der Waals surface area contributed by atoms with E-state index in [1.54, 1.807) is 4.90 Å². The normalized spacial score (nSPS) is 24.7. The molecule has 112 valence electrons. The minimum absolute atomic E-state index is 0.0311. The number of carbonyl (C=O) groups is 1. The predicted octanol–water partition coefficient (Wildman–Crippen LogP) is 0.633. The second-order valence-corrected chi connectivity index (χ2v) is 6.53. The number of thiol groups is 1. The van der Waals surface area contributed by atoms with E-state index in [1.807, 2.05) is 0 Å². The van der Waals surface area contributed by atoms with Crippen LogP contribution in [0.2, 0.25) is 0 Å². The van der Waals surface area contributed by atoms with Crippen LogP contribution >= 0.6 is 19.8 Å². The molecule has 3 atom stereocenters. The molecule has 0 aromatic rings. The van der Waals surface area contributed by atoms with Crippen LogP contribution in [-0.4, -0.2) is 52.6 Å². The summed E-state index contributed by atoms with van der Waals surface area (Å²) in [7, 11) is -1.72. The minimum atomic E-state index is -1.72. The Bertz CT molecular complexity index is 283. The van der Waals surface area contributed by atoms with E-state index in [9.17, 15) is 9.90 Å². The molecule has 0 spiro atoms. The number of hydrogen-bond donors (Lipinski definition) is 4. The summed E-state index contributed by atoms with van der Waals surface area (Å²) in [6.07, 6.45) is 3.14. The van der Waals surface area contributed by atoms with Crippen LogP contribution in [-0.2, 0) is 9.32 Å². The number of aliphatic hydroxyl groups excluding tert-OH is 1. The topological polar surface area (TPSA) is 96.0 Å². The highest BCUT2D eigenvalue weighted by Crippen LogP contribution is 2.37. The van der Waals surface area contributed by atoms with Gasteiger partial charge in [-0.2, -0.15) is 0 Å². The van der Waals surface area contributed by atoms with Gasteiger partial charge in [0.05, 0.1) is 18.8 Å². The Morgan fingerprint density at radius 1 is 1.47 bits per heavy atom. The maximum Gasteiger partial charge on any atom is 0.232 e. The lowest BCUT2D eigenvalue weighted by Crippen LogP contribution is -2.38. The smallest absolute Gasteiger partial charge is 0.232 e. The number of aliphatic hydroxyl groups is 1. The number of nitrogens with zero attached hydrogens (tertiary/aromatic N) is 1. The van der Waals surface area contributed by atoms with Crippen LogP contribution in [0.15, 0.2) is 0 Å². The molecular weight excluding hydrogens is 287 g/mol. The van der Waals surface area contributed by atoms with Crippen molar-refractivity contribution in [2.45, 2.75) is 44.2 Å². The average Bonchev–Trinajstić information content (AvgIpc) is 2.73. The molecule has 19 heavy (non-hydrogen) atoms. The van der Waals surface area contributed by atoms with Gasteiger partial charge in [0.15, 0.2) is 0 Å². The summed E-state index contributed by atoms with van der Waals surface area (Å²) in [4.78, 5) is 22.7. The highest BCUT2D eigenvalue weighted by atomic mass is 32.7. The molecule has 1 unspecified atom stereocenters. The fourth-order valence-electron chi connectivity index (χ4n) is 2.25. The van der Waals surface area contributed by atoms with Crippen molar-refractivity contribution in [3.63, 3.8) is 0 Å². The number of rotatable bonds is 8. The summed E-state index contributed by atoms with van der Waals surface area (Å²) in [6.45, 7) is 1.21. The number of hydrogen-bond acceptors (Lipinski definition) is 6. The average molecular weight is 310 g/mol. The lowest BCUT2D eigenvalue weighted by molar-refractivity contribution is -0.133. The Kier molecular flexibility index (Phi) is 8.21. The Hall–Kier alpha value is 0.0900. The lowest BCUT2D eigenvalue weighted by Gasteiger charge is -2.24. The van der Waals surface area contributed by atoms with Gasteiger partial charge in [-0.3, -0.25) is 4.79 Å². The molecular formula is C11H23N2O4PS. The third-order valence-corrected chi connectivity index (χ3v) is 3.92. The largest absolute Gasteiger partial charge is 0.391 e. The van der Waals surface area contributed by atoms with Crippen LogP contribution in [0.25, 0.3) is 0 Å². The van der Waals surface area contributed by atoms with E-state index in [-0.39, 0.29) is 18.6 Å². The zero-order chi connectivity index (χ0) is 14.3. The fraction of sp³-hybridized carbons (Fsp3) is 0.909. The molecule has 1 aliphatic rings. The first-order chi connectivity index (χ1) is 9.04. The highest BCUT2D eigenvalue weighted by Gasteiger charge is 2.34. The summed E-state index contributed by atoms with van der Waals surface area (Å²) in [6, 6.07) is -0.165. The fourth-order valence-corrected chi connectivity index (χ4v) is 2.75. The molecule has 1 saturated heterocycles. The molecule has 6 nitrogen and oxygen atoms in total. The van der Waals surface area contributed by atoms with Crippen molar-refractivity contribution in [3.05, 3.63) is 0 Å². The van der Waals surface area contributed by atoms with E-state index >= 15 is 0 Å². The van der Waals surface area contributed by atoms with Crippen LogP contribution in [0.3, 0.4) is 0 Å². The second-order valence-electron chi connectivity index (χ2n) is 4.74. The molecule has 0 saturated carbocycles. The van der Waals surface area contributed by atoms with Gasteiger partial charge in [0, 0.05) is 13.0 Å². The zero-order valence-electron chi connectivity index (χ0n) is 10.9. The van der Waals surface area contributed by atoms with E-state index in [2.05, 4.69) is 12.2 Å². The quantitative estimate of drug-likeness (QED) is 0.300. The number of β-amino-alcohol motifs (C(OH)–C–C–N with tert-alkyl or cyclic N) is 1. The summed E-state index contributed by atoms with van der Waals surface area (Å²) >= 11 is 3.77. The summed E-state index contributed by atoms with van der Waals surface area (Å²) in [5, 5.41) is 9.65. The Morgan fingerprint density at radius 3 is 2.84 bits per heavy atom. The monoisotopic (exact) mass is 310 g/mol. The van der Waals surface area contributed by atoms with Crippen LogP contribution in [0.1, 0.15) is 32.1 Å². The van der Waals surface area contributed by atoms with Gasteiger partial charge < -0.3 is 25.2 Å². The van der Waals surface area contributed by atoms with Gasteiger partial charge in [-0.15, -0.1) is 0 Å². The molecule has 1 rings (SSSR count). The summed E-state index contributed by atoms with van der Waals surface area (Å²) < 4.78 is 5.06. The zero-order valence-corrected chi connectivity index (χ0v) is 12.7. The molecule has 1 fully saturated rings. The van der Waals surface area contributed by atoms with Crippen LogP contribution < -0.4 is 5.73 Å². The molecule has 0 aromatic carbocycles. The van der Waals surface area contributed by atoms with E-state index in [0.717, 1.165) is 19.3 Å². The summed E-state index contributed by atoms with van der Waals surface area (Å²) in [5.74, 6) is 0.0311. The maximum absolute atomic E-state index is 12.1.